The van der Waals surface area contributed by atoms with Crippen molar-refractivity contribution in [3.8, 4) is 0 Å². The summed E-state index contributed by atoms with van der Waals surface area (Å²) in [6, 6.07) is 19.7. The zero-order valence-electron chi connectivity index (χ0n) is 22.4. The molecule has 1 unspecified atom stereocenters. The third-order valence-corrected chi connectivity index (χ3v) is 9.11. The highest BCUT2D eigenvalue weighted by Crippen LogP contribution is 2.23. The van der Waals surface area contributed by atoms with Crippen molar-refractivity contribution in [2.24, 2.45) is 0 Å². The molecule has 0 heterocycles. The average Bonchev–Trinajstić information content (AvgIpc) is 3.41. The van der Waals surface area contributed by atoms with Gasteiger partial charge >= 0.3 is 0 Å². The number of benzene rings is 3. The van der Waals surface area contributed by atoms with Gasteiger partial charge in [-0.1, -0.05) is 79.9 Å². The van der Waals surface area contributed by atoms with Crippen molar-refractivity contribution in [3.63, 3.8) is 0 Å². The molecule has 1 aliphatic rings. The molecule has 1 aliphatic carbocycles. The maximum atomic E-state index is 13.7. The Labute approximate surface area is 225 Å². The third kappa shape index (κ3) is 6.42. The van der Waals surface area contributed by atoms with Gasteiger partial charge in [-0.25, -0.2) is 8.42 Å². The van der Waals surface area contributed by atoms with E-state index in [1.807, 2.05) is 62.4 Å². The second-order valence-corrected chi connectivity index (χ2v) is 12.2. The number of nitrogens with zero attached hydrogens (tertiary/aromatic N) is 2. The molecular weight excluding hydrogens is 498 g/mol. The molecule has 7 nitrogen and oxygen atoms in total. The van der Waals surface area contributed by atoms with Gasteiger partial charge in [0.05, 0.1) is 11.4 Å². The Morgan fingerprint density at radius 3 is 2.37 bits per heavy atom. The van der Waals surface area contributed by atoms with E-state index in [1.54, 1.807) is 18.2 Å². The second kappa shape index (κ2) is 12.1. The van der Waals surface area contributed by atoms with Crippen LogP contribution in [0.2, 0.25) is 0 Å². The molecular formula is C30H37N3O4S. The van der Waals surface area contributed by atoms with Gasteiger partial charge in [0.25, 0.3) is 0 Å². The number of carbonyl (C=O) groups is 2. The molecule has 0 aliphatic heterocycles. The zero-order valence-corrected chi connectivity index (χ0v) is 23.2. The monoisotopic (exact) mass is 535 g/mol. The van der Waals surface area contributed by atoms with E-state index in [1.165, 1.54) is 11.9 Å². The van der Waals surface area contributed by atoms with E-state index in [-0.39, 0.29) is 29.9 Å². The minimum Gasteiger partial charge on any atom is -0.352 e. The molecule has 4 rings (SSSR count). The van der Waals surface area contributed by atoms with Gasteiger partial charge in [0.2, 0.25) is 21.8 Å². The van der Waals surface area contributed by atoms with E-state index in [2.05, 4.69) is 5.32 Å². The Hall–Kier alpha value is -3.23. The van der Waals surface area contributed by atoms with Crippen LogP contribution in [0.25, 0.3) is 10.8 Å². The molecule has 0 saturated heterocycles. The molecule has 202 valence electrons. The first kappa shape index (κ1) is 27.8. The topological polar surface area (TPSA) is 86.8 Å². The SMILES string of the molecule is CCC(C(=O)NC1CCCC1)N(Cc1cccc(C)c1)C(=O)CN(C)S(=O)(=O)c1ccc2ccccc2c1. The standard InChI is InChI=1S/C30H37N3O4S/c1-4-28(30(35)31-26-14-7-8-15-26)33(20-23-11-9-10-22(2)18-23)29(34)21-32(3)38(36,37)27-17-16-24-12-5-6-13-25(24)19-27/h5-6,9-13,16-19,26,28H,4,7-8,14-15,20-21H2,1-3H3,(H,31,35). The summed E-state index contributed by atoms with van der Waals surface area (Å²) in [5.41, 5.74) is 1.94. The van der Waals surface area contributed by atoms with Crippen LogP contribution in [-0.2, 0) is 26.2 Å². The molecule has 1 saturated carbocycles. The van der Waals surface area contributed by atoms with Gasteiger partial charge in [0, 0.05) is 19.6 Å². The fraction of sp³-hybridized carbons (Fsp3) is 0.400. The minimum atomic E-state index is -3.92. The smallest absolute Gasteiger partial charge is 0.243 e. The Balaban J connectivity index is 1.57. The predicted molar refractivity (Wildman–Crippen MR) is 150 cm³/mol. The van der Waals surface area contributed by atoms with E-state index in [0.717, 1.165) is 51.9 Å². The summed E-state index contributed by atoms with van der Waals surface area (Å²) >= 11 is 0. The summed E-state index contributed by atoms with van der Waals surface area (Å²) in [5.74, 6) is -0.591. The molecule has 0 bridgehead atoms. The lowest BCUT2D eigenvalue weighted by Gasteiger charge is -2.32. The Bertz CT molecular complexity index is 1400. The first-order chi connectivity index (χ1) is 18.2. The number of nitrogens with one attached hydrogen (secondary N) is 1. The van der Waals surface area contributed by atoms with Crippen molar-refractivity contribution in [2.75, 3.05) is 13.6 Å². The fourth-order valence-electron chi connectivity index (χ4n) is 5.17. The summed E-state index contributed by atoms with van der Waals surface area (Å²) in [6.07, 6.45) is 4.49. The van der Waals surface area contributed by atoms with E-state index < -0.39 is 22.0 Å². The number of rotatable bonds is 10. The Kier molecular flexibility index (Phi) is 8.84. The summed E-state index contributed by atoms with van der Waals surface area (Å²) in [6.45, 7) is 3.71. The third-order valence-electron chi connectivity index (χ3n) is 7.31. The molecule has 3 aromatic carbocycles. The Morgan fingerprint density at radius 2 is 1.68 bits per heavy atom. The van der Waals surface area contributed by atoms with Gasteiger partial charge in [0.15, 0.2) is 0 Å². The van der Waals surface area contributed by atoms with Gasteiger partial charge in [-0.3, -0.25) is 9.59 Å². The number of carbonyl (C=O) groups excluding carboxylic acids is 2. The van der Waals surface area contributed by atoms with Crippen LogP contribution in [0, 0.1) is 6.92 Å². The number of hydrogen-bond donors (Lipinski definition) is 1. The number of aryl methyl sites for hydroxylation is 1. The molecule has 3 aromatic rings. The van der Waals surface area contributed by atoms with Crippen LogP contribution in [0.1, 0.15) is 50.2 Å². The molecule has 0 radical (unpaired) electrons. The highest BCUT2D eigenvalue weighted by molar-refractivity contribution is 7.89. The Morgan fingerprint density at radius 1 is 0.974 bits per heavy atom. The number of hydrogen-bond acceptors (Lipinski definition) is 4. The lowest BCUT2D eigenvalue weighted by atomic mass is 10.1. The van der Waals surface area contributed by atoms with E-state index >= 15 is 0 Å². The molecule has 1 atom stereocenters. The van der Waals surface area contributed by atoms with Gasteiger partial charge in [0.1, 0.15) is 6.04 Å². The molecule has 0 spiro atoms. The van der Waals surface area contributed by atoms with Crippen molar-refractivity contribution in [1.29, 1.82) is 0 Å². The summed E-state index contributed by atoms with van der Waals surface area (Å²) in [7, 11) is -2.52. The van der Waals surface area contributed by atoms with E-state index in [9.17, 15) is 18.0 Å². The van der Waals surface area contributed by atoms with Crippen LogP contribution in [0.3, 0.4) is 0 Å². The van der Waals surface area contributed by atoms with Crippen molar-refractivity contribution < 1.29 is 18.0 Å². The van der Waals surface area contributed by atoms with Crippen LogP contribution < -0.4 is 5.32 Å². The second-order valence-electron chi connectivity index (χ2n) is 10.2. The number of amides is 2. The maximum absolute atomic E-state index is 13.7. The highest BCUT2D eigenvalue weighted by Gasteiger charge is 2.33. The number of fused-ring (bicyclic) bond motifs is 1. The van der Waals surface area contributed by atoms with Gasteiger partial charge in [-0.05, 0) is 54.7 Å². The predicted octanol–water partition coefficient (Wildman–Crippen LogP) is 4.63. The van der Waals surface area contributed by atoms with Crippen LogP contribution >= 0.6 is 0 Å². The zero-order chi connectivity index (χ0) is 27.3. The molecule has 0 aromatic heterocycles. The van der Waals surface area contributed by atoms with Crippen molar-refractivity contribution in [3.05, 3.63) is 77.9 Å². The van der Waals surface area contributed by atoms with Gasteiger partial charge < -0.3 is 10.2 Å². The summed E-state index contributed by atoms with van der Waals surface area (Å²) in [5, 5.41) is 4.87. The summed E-state index contributed by atoms with van der Waals surface area (Å²) in [4.78, 5) is 28.7. The van der Waals surface area contributed by atoms with E-state index in [4.69, 9.17) is 0 Å². The number of likely N-dealkylation sites (N-methyl/N-ethyl adjacent to an activating group) is 1. The molecule has 1 fully saturated rings. The van der Waals surface area contributed by atoms with Crippen LogP contribution in [0.4, 0.5) is 0 Å². The van der Waals surface area contributed by atoms with Gasteiger partial charge in [-0.2, -0.15) is 4.31 Å². The molecule has 2 amide bonds. The quantitative estimate of drug-likeness (QED) is 0.410. The van der Waals surface area contributed by atoms with Crippen LogP contribution in [0.5, 0.6) is 0 Å². The van der Waals surface area contributed by atoms with Crippen molar-refractivity contribution in [1.82, 2.24) is 14.5 Å². The lowest BCUT2D eigenvalue weighted by Crippen LogP contribution is -2.53. The summed E-state index contributed by atoms with van der Waals surface area (Å²) < 4.78 is 27.9. The van der Waals surface area contributed by atoms with Crippen LogP contribution in [-0.4, -0.2) is 55.1 Å². The first-order valence-electron chi connectivity index (χ1n) is 13.3. The minimum absolute atomic E-state index is 0.128. The normalized spacial score (nSPS) is 15.1. The fourth-order valence-corrected chi connectivity index (χ4v) is 6.32. The largest absolute Gasteiger partial charge is 0.352 e. The first-order valence-corrected chi connectivity index (χ1v) is 14.7. The molecule has 8 heteroatoms. The van der Waals surface area contributed by atoms with Crippen molar-refractivity contribution >= 4 is 32.6 Å². The highest BCUT2D eigenvalue weighted by atomic mass is 32.2. The van der Waals surface area contributed by atoms with Crippen LogP contribution in [0.15, 0.2) is 71.6 Å². The maximum Gasteiger partial charge on any atom is 0.243 e. The lowest BCUT2D eigenvalue weighted by molar-refractivity contribution is -0.141. The number of sulfonamides is 1. The van der Waals surface area contributed by atoms with Gasteiger partial charge in [-0.15, -0.1) is 0 Å². The molecule has 38 heavy (non-hydrogen) atoms. The average molecular weight is 536 g/mol. The van der Waals surface area contributed by atoms with Crippen molar-refractivity contribution in [2.45, 2.75) is 69.5 Å². The van der Waals surface area contributed by atoms with E-state index in [0.29, 0.717) is 6.42 Å². The molecule has 1 N–H and O–H groups in total.